The number of nitrogens with one attached hydrogen (secondary N) is 1. The number of aromatic amines is 1. The molecule has 1 heterocycles. The molecule has 0 spiro atoms. The van der Waals surface area contributed by atoms with Crippen molar-refractivity contribution in [3.8, 4) is 0 Å². The average molecular weight is 197 g/mol. The highest BCUT2D eigenvalue weighted by Crippen LogP contribution is 2.10. The fourth-order valence-electron chi connectivity index (χ4n) is 2.28. The first-order valence-corrected chi connectivity index (χ1v) is 5.15. The van der Waals surface area contributed by atoms with Gasteiger partial charge in [0.05, 0.1) is 0 Å². The Morgan fingerprint density at radius 2 is 2.13 bits per heavy atom. The van der Waals surface area contributed by atoms with Gasteiger partial charge in [-0.15, -0.1) is 0 Å². The van der Waals surface area contributed by atoms with Gasteiger partial charge in [0.2, 0.25) is 0 Å². The lowest BCUT2D eigenvalue weighted by molar-refractivity contribution is -0.103. The third-order valence-electron chi connectivity index (χ3n) is 2.96. The summed E-state index contributed by atoms with van der Waals surface area (Å²) in [6, 6.07) is 8.12. The van der Waals surface area contributed by atoms with Crippen LogP contribution in [-0.2, 0) is 4.79 Å². The summed E-state index contributed by atoms with van der Waals surface area (Å²) in [4.78, 5) is 14.3. The molecule has 0 bridgehead atoms. The van der Waals surface area contributed by atoms with E-state index in [1.807, 2.05) is 18.2 Å². The lowest BCUT2D eigenvalue weighted by atomic mass is 10.0. The molecule has 0 radical (unpaired) electrons. The molecule has 2 heteroatoms. The summed E-state index contributed by atoms with van der Waals surface area (Å²) in [5.41, 5.74) is 2.03. The molecule has 0 aliphatic heterocycles. The number of aromatic nitrogens is 1. The van der Waals surface area contributed by atoms with Crippen LogP contribution >= 0.6 is 0 Å². The maximum atomic E-state index is 11.0. The van der Waals surface area contributed by atoms with E-state index in [-0.39, 0.29) is 0 Å². The van der Waals surface area contributed by atoms with E-state index in [1.165, 1.54) is 0 Å². The Bertz CT molecular complexity index is 649. The number of carbonyl (C=O) groups is 1. The summed E-state index contributed by atoms with van der Waals surface area (Å²) in [7, 11) is 0. The van der Waals surface area contributed by atoms with Crippen LogP contribution < -0.4 is 10.6 Å². The summed E-state index contributed by atoms with van der Waals surface area (Å²) < 4.78 is 0. The van der Waals surface area contributed by atoms with Crippen molar-refractivity contribution >= 4 is 28.8 Å². The van der Waals surface area contributed by atoms with Gasteiger partial charge in [0.25, 0.3) is 0 Å². The summed E-state index contributed by atoms with van der Waals surface area (Å²) in [5.74, 6) is 0. The van der Waals surface area contributed by atoms with E-state index in [2.05, 4.69) is 17.1 Å². The fraction of sp³-hybridized carbons (Fsp3) is 0.154. The van der Waals surface area contributed by atoms with Gasteiger partial charge in [0.15, 0.2) is 0 Å². The van der Waals surface area contributed by atoms with Gasteiger partial charge in [-0.2, -0.15) is 0 Å². The smallest absolute Gasteiger partial charge is 0.146 e. The molecule has 1 aromatic heterocycles. The minimum Gasteiger partial charge on any atom is -0.355 e. The molecule has 1 aliphatic rings. The zero-order valence-electron chi connectivity index (χ0n) is 8.29. The topological polar surface area (TPSA) is 32.9 Å². The largest absolute Gasteiger partial charge is 0.355 e. The van der Waals surface area contributed by atoms with Crippen molar-refractivity contribution in [2.45, 2.75) is 12.8 Å². The maximum absolute atomic E-state index is 11.0. The van der Waals surface area contributed by atoms with Crippen molar-refractivity contribution in [2.24, 2.45) is 0 Å². The van der Waals surface area contributed by atoms with Gasteiger partial charge in [-0.1, -0.05) is 24.3 Å². The highest BCUT2D eigenvalue weighted by Gasteiger charge is 2.08. The molecule has 0 unspecified atom stereocenters. The first-order chi connectivity index (χ1) is 7.40. The van der Waals surface area contributed by atoms with Crippen molar-refractivity contribution in [1.29, 1.82) is 0 Å². The van der Waals surface area contributed by atoms with Crippen LogP contribution in [0.4, 0.5) is 0 Å². The van der Waals surface area contributed by atoms with Crippen LogP contribution in [0, 0.1) is 0 Å². The molecule has 15 heavy (non-hydrogen) atoms. The Kier molecular flexibility index (Phi) is 1.75. The Hall–Kier alpha value is -1.83. The summed E-state index contributed by atoms with van der Waals surface area (Å²) in [6.07, 6.45) is 4.97. The molecular weight excluding hydrogens is 186 g/mol. The van der Waals surface area contributed by atoms with Gasteiger partial charge in [-0.05, 0) is 18.9 Å². The van der Waals surface area contributed by atoms with Crippen LogP contribution in [0.1, 0.15) is 12.8 Å². The number of hydrogen-bond acceptors (Lipinski definition) is 1. The van der Waals surface area contributed by atoms with Crippen LogP contribution in [0.25, 0.3) is 22.6 Å². The Morgan fingerprint density at radius 1 is 1.27 bits per heavy atom. The molecule has 1 aliphatic carbocycles. The summed E-state index contributed by atoms with van der Waals surface area (Å²) in [5, 5.41) is 3.36. The van der Waals surface area contributed by atoms with E-state index >= 15 is 0 Å². The van der Waals surface area contributed by atoms with E-state index in [9.17, 15) is 4.79 Å². The van der Waals surface area contributed by atoms with Gasteiger partial charge in [0, 0.05) is 27.0 Å². The molecule has 0 saturated heterocycles. The monoisotopic (exact) mass is 197 g/mol. The van der Waals surface area contributed by atoms with Gasteiger partial charge in [0.1, 0.15) is 6.29 Å². The van der Waals surface area contributed by atoms with Crippen molar-refractivity contribution in [2.75, 3.05) is 0 Å². The zero-order valence-corrected chi connectivity index (χ0v) is 8.29. The SMILES string of the molecule is O=CC1=c2c([nH]c3ccccc23)=CCC1. The van der Waals surface area contributed by atoms with Crippen molar-refractivity contribution < 1.29 is 4.79 Å². The predicted octanol–water partition coefficient (Wildman–Crippen LogP) is 1.09. The number of fused-ring (bicyclic) bond motifs is 3. The molecule has 1 aromatic carbocycles. The highest BCUT2D eigenvalue weighted by atomic mass is 16.1. The molecular formula is C13H11NO. The van der Waals surface area contributed by atoms with E-state index < -0.39 is 0 Å². The molecule has 74 valence electrons. The van der Waals surface area contributed by atoms with Crippen LogP contribution in [0.15, 0.2) is 24.3 Å². The first kappa shape index (κ1) is 8.48. The van der Waals surface area contributed by atoms with E-state index in [0.29, 0.717) is 0 Å². The van der Waals surface area contributed by atoms with Crippen LogP contribution in [0.3, 0.4) is 0 Å². The van der Waals surface area contributed by atoms with E-state index in [1.54, 1.807) is 0 Å². The minimum atomic E-state index is 0.859. The van der Waals surface area contributed by atoms with Gasteiger partial charge < -0.3 is 4.98 Å². The predicted molar refractivity (Wildman–Crippen MR) is 60.7 cm³/mol. The lowest BCUT2D eigenvalue weighted by Gasteiger charge is -2.00. The van der Waals surface area contributed by atoms with Crippen LogP contribution in [0.5, 0.6) is 0 Å². The lowest BCUT2D eigenvalue weighted by Crippen LogP contribution is -2.28. The maximum Gasteiger partial charge on any atom is 0.146 e. The van der Waals surface area contributed by atoms with Crippen LogP contribution in [0.2, 0.25) is 0 Å². The molecule has 0 fully saturated rings. The molecule has 3 rings (SSSR count). The molecule has 2 nitrogen and oxygen atoms in total. The number of carbonyl (C=O) groups excluding carboxylic acids is 1. The second kappa shape index (κ2) is 3.09. The first-order valence-electron chi connectivity index (χ1n) is 5.15. The fourth-order valence-corrected chi connectivity index (χ4v) is 2.28. The molecule has 0 saturated carbocycles. The quantitative estimate of drug-likeness (QED) is 0.682. The third kappa shape index (κ3) is 1.14. The standard InChI is InChI=1S/C13H11NO/c15-8-9-4-3-7-12-13(9)10-5-1-2-6-11(10)14-12/h1-2,5-8,14H,3-4H2. The van der Waals surface area contributed by atoms with Gasteiger partial charge in [-0.3, -0.25) is 4.79 Å². The molecule has 2 aromatic rings. The summed E-state index contributed by atoms with van der Waals surface area (Å²) >= 11 is 0. The second-order valence-corrected chi connectivity index (χ2v) is 3.85. The number of para-hydroxylation sites is 1. The van der Waals surface area contributed by atoms with Crippen LogP contribution in [-0.4, -0.2) is 11.3 Å². The second-order valence-electron chi connectivity index (χ2n) is 3.85. The Balaban J connectivity index is 2.63. The van der Waals surface area contributed by atoms with Gasteiger partial charge >= 0.3 is 0 Å². The average Bonchev–Trinajstić information content (AvgIpc) is 2.67. The number of H-pyrrole nitrogens is 1. The van der Waals surface area contributed by atoms with Crippen molar-refractivity contribution in [3.63, 3.8) is 0 Å². The number of rotatable bonds is 1. The van der Waals surface area contributed by atoms with Crippen molar-refractivity contribution in [1.82, 2.24) is 4.98 Å². The Labute approximate surface area is 86.9 Å². The molecule has 0 amide bonds. The van der Waals surface area contributed by atoms with E-state index in [0.717, 1.165) is 46.2 Å². The molecule has 0 atom stereocenters. The minimum absolute atomic E-state index is 0.859. The summed E-state index contributed by atoms with van der Waals surface area (Å²) in [6.45, 7) is 0. The normalized spacial score (nSPS) is 14.8. The van der Waals surface area contributed by atoms with E-state index in [4.69, 9.17) is 0 Å². The highest BCUT2D eigenvalue weighted by molar-refractivity contribution is 6.02. The van der Waals surface area contributed by atoms with Crippen molar-refractivity contribution in [3.05, 3.63) is 34.8 Å². The van der Waals surface area contributed by atoms with Gasteiger partial charge in [-0.25, -0.2) is 0 Å². The number of aldehydes is 1. The Morgan fingerprint density at radius 3 is 3.00 bits per heavy atom. The number of hydrogen-bond donors (Lipinski definition) is 1. The third-order valence-corrected chi connectivity index (χ3v) is 2.96. The zero-order chi connectivity index (χ0) is 10.3. The molecule has 1 N–H and O–H groups in total. The number of benzene rings is 1.